The first-order valence-corrected chi connectivity index (χ1v) is 4.21. The lowest BCUT2D eigenvalue weighted by Crippen LogP contribution is -2.30. The Kier molecular flexibility index (Phi) is 2.66. The average molecular weight is 179 g/mol. The van der Waals surface area contributed by atoms with Gasteiger partial charge < -0.3 is 0 Å². The maximum atomic E-state index is 11.5. The number of hydrogen-bond donors (Lipinski definition) is 1. The molecule has 1 heterocycles. The smallest absolute Gasteiger partial charge is 0.233 e. The third-order valence-corrected chi connectivity index (χ3v) is 2.30. The van der Waals surface area contributed by atoms with Crippen molar-refractivity contribution in [2.24, 2.45) is 5.41 Å². The third-order valence-electron chi connectivity index (χ3n) is 2.30. The zero-order chi connectivity index (χ0) is 9.90. The van der Waals surface area contributed by atoms with Crippen LogP contribution in [0.2, 0.25) is 0 Å². The van der Waals surface area contributed by atoms with Crippen molar-refractivity contribution in [2.45, 2.75) is 19.3 Å². The quantitative estimate of drug-likeness (QED) is 0.520. The molecule has 0 aromatic rings. The van der Waals surface area contributed by atoms with Crippen molar-refractivity contribution in [3.63, 3.8) is 0 Å². The van der Waals surface area contributed by atoms with Gasteiger partial charge in [0.05, 0.1) is 5.41 Å². The fraction of sp³-hybridized carbons (Fsp3) is 0.400. The lowest BCUT2D eigenvalue weighted by Gasteiger charge is -2.21. The van der Waals surface area contributed by atoms with Crippen molar-refractivity contribution < 1.29 is 9.59 Å². The van der Waals surface area contributed by atoms with Crippen LogP contribution in [0.4, 0.5) is 0 Å². The molecule has 70 valence electrons. The molecular weight excluding hydrogens is 166 g/mol. The van der Waals surface area contributed by atoms with Gasteiger partial charge in [0.25, 0.3) is 0 Å². The van der Waals surface area contributed by atoms with E-state index in [9.17, 15) is 9.59 Å². The fourth-order valence-corrected chi connectivity index (χ4v) is 1.66. The molecular formula is C10H13NO2. The molecule has 1 aliphatic rings. The lowest BCUT2D eigenvalue weighted by molar-refractivity contribution is -0.128. The van der Waals surface area contributed by atoms with E-state index >= 15 is 0 Å². The van der Waals surface area contributed by atoms with E-state index in [4.69, 9.17) is 0 Å². The van der Waals surface area contributed by atoms with Gasteiger partial charge in [0.15, 0.2) is 0 Å². The van der Waals surface area contributed by atoms with Gasteiger partial charge in [-0.05, 0) is 12.8 Å². The second-order valence-electron chi connectivity index (χ2n) is 3.32. The van der Waals surface area contributed by atoms with Crippen LogP contribution in [-0.4, -0.2) is 11.8 Å². The predicted molar refractivity (Wildman–Crippen MR) is 49.8 cm³/mol. The van der Waals surface area contributed by atoms with E-state index in [1.54, 1.807) is 12.2 Å². The highest BCUT2D eigenvalue weighted by Crippen LogP contribution is 2.35. The van der Waals surface area contributed by atoms with Crippen molar-refractivity contribution in [2.75, 3.05) is 0 Å². The Hall–Kier alpha value is -1.38. The summed E-state index contributed by atoms with van der Waals surface area (Å²) in [5.41, 5.74) is -0.611. The number of allylic oxidation sites excluding steroid dienone is 2. The van der Waals surface area contributed by atoms with Gasteiger partial charge in [-0.3, -0.25) is 14.9 Å². The number of amides is 2. The summed E-state index contributed by atoms with van der Waals surface area (Å²) >= 11 is 0. The molecule has 1 aliphatic heterocycles. The van der Waals surface area contributed by atoms with Crippen LogP contribution in [0.15, 0.2) is 25.3 Å². The molecule has 0 spiro atoms. The Balaban J connectivity index is 2.88. The summed E-state index contributed by atoms with van der Waals surface area (Å²) in [5.74, 6) is -0.397. The Labute approximate surface area is 77.5 Å². The van der Waals surface area contributed by atoms with Crippen LogP contribution in [0.5, 0.6) is 0 Å². The van der Waals surface area contributed by atoms with E-state index in [1.165, 1.54) is 0 Å². The first-order valence-electron chi connectivity index (χ1n) is 4.21. The molecule has 0 unspecified atom stereocenters. The minimum atomic E-state index is -0.611. The largest absolute Gasteiger partial charge is 0.296 e. The normalized spacial score (nSPS) is 19.7. The average Bonchev–Trinajstić information content (AvgIpc) is 2.28. The molecule has 0 saturated carbocycles. The van der Waals surface area contributed by atoms with Crippen molar-refractivity contribution in [3.8, 4) is 0 Å². The highest BCUT2D eigenvalue weighted by Gasteiger charge is 2.44. The molecule has 1 rings (SSSR count). The maximum Gasteiger partial charge on any atom is 0.233 e. The van der Waals surface area contributed by atoms with E-state index in [1.807, 2.05) is 0 Å². The second-order valence-corrected chi connectivity index (χ2v) is 3.32. The summed E-state index contributed by atoms with van der Waals surface area (Å²) in [6, 6.07) is 0. The number of hydrogen-bond acceptors (Lipinski definition) is 2. The molecule has 13 heavy (non-hydrogen) atoms. The summed E-state index contributed by atoms with van der Waals surface area (Å²) in [7, 11) is 0. The number of carbonyl (C=O) groups excluding carboxylic acids is 2. The molecule has 0 aliphatic carbocycles. The molecule has 0 aromatic carbocycles. The van der Waals surface area contributed by atoms with Gasteiger partial charge in [0, 0.05) is 6.42 Å². The van der Waals surface area contributed by atoms with E-state index in [0.29, 0.717) is 12.8 Å². The summed E-state index contributed by atoms with van der Waals surface area (Å²) in [5, 5.41) is 2.30. The van der Waals surface area contributed by atoms with Crippen molar-refractivity contribution in [1.82, 2.24) is 5.32 Å². The van der Waals surface area contributed by atoms with Crippen molar-refractivity contribution >= 4 is 11.8 Å². The number of rotatable bonds is 4. The van der Waals surface area contributed by atoms with Crippen LogP contribution in [0.3, 0.4) is 0 Å². The number of carbonyl (C=O) groups is 2. The van der Waals surface area contributed by atoms with E-state index in [0.717, 1.165) is 0 Å². The van der Waals surface area contributed by atoms with Crippen LogP contribution >= 0.6 is 0 Å². The first-order chi connectivity index (χ1) is 6.14. The van der Waals surface area contributed by atoms with Gasteiger partial charge in [-0.15, -0.1) is 13.2 Å². The minimum Gasteiger partial charge on any atom is -0.296 e. The zero-order valence-corrected chi connectivity index (χ0v) is 7.51. The van der Waals surface area contributed by atoms with E-state index < -0.39 is 5.41 Å². The lowest BCUT2D eigenvalue weighted by atomic mass is 9.79. The standard InChI is InChI=1S/C10H13NO2/c1-3-5-10(6-4-2)7-8(12)11-9(10)13/h3-4H,1-2,5-7H2,(H,11,12,13). The summed E-state index contributed by atoms with van der Waals surface area (Å²) in [6.07, 6.45) is 4.64. The van der Waals surface area contributed by atoms with Crippen LogP contribution in [0.1, 0.15) is 19.3 Å². The molecule has 1 saturated heterocycles. The molecule has 0 aromatic heterocycles. The van der Waals surface area contributed by atoms with Crippen LogP contribution in [0, 0.1) is 5.41 Å². The monoisotopic (exact) mass is 179 g/mol. The second kappa shape index (κ2) is 3.56. The topological polar surface area (TPSA) is 46.2 Å². The Morgan fingerprint density at radius 2 is 1.85 bits per heavy atom. The predicted octanol–water partition coefficient (Wildman–Crippen LogP) is 1.17. The van der Waals surface area contributed by atoms with E-state index in [-0.39, 0.29) is 18.2 Å². The van der Waals surface area contributed by atoms with Crippen molar-refractivity contribution in [3.05, 3.63) is 25.3 Å². The summed E-state index contributed by atoms with van der Waals surface area (Å²) in [6.45, 7) is 7.17. The molecule has 1 fully saturated rings. The Morgan fingerprint density at radius 1 is 1.31 bits per heavy atom. The molecule has 0 atom stereocenters. The molecule has 3 nitrogen and oxygen atoms in total. The maximum absolute atomic E-state index is 11.5. The minimum absolute atomic E-state index is 0.197. The van der Waals surface area contributed by atoms with Gasteiger partial charge in [-0.25, -0.2) is 0 Å². The molecule has 0 bridgehead atoms. The van der Waals surface area contributed by atoms with Crippen molar-refractivity contribution in [1.29, 1.82) is 0 Å². The molecule has 1 N–H and O–H groups in total. The number of nitrogens with one attached hydrogen (secondary N) is 1. The highest BCUT2D eigenvalue weighted by molar-refractivity contribution is 6.06. The highest BCUT2D eigenvalue weighted by atomic mass is 16.2. The van der Waals surface area contributed by atoms with Crippen LogP contribution in [-0.2, 0) is 9.59 Å². The Bertz CT molecular complexity index is 258. The first kappa shape index (κ1) is 9.71. The Morgan fingerprint density at radius 3 is 2.15 bits per heavy atom. The van der Waals surface area contributed by atoms with Crippen LogP contribution < -0.4 is 5.32 Å². The number of imide groups is 1. The van der Waals surface area contributed by atoms with Gasteiger partial charge in [-0.2, -0.15) is 0 Å². The summed E-state index contributed by atoms with van der Waals surface area (Å²) < 4.78 is 0. The zero-order valence-electron chi connectivity index (χ0n) is 7.51. The fourth-order valence-electron chi connectivity index (χ4n) is 1.66. The van der Waals surface area contributed by atoms with Gasteiger partial charge >= 0.3 is 0 Å². The van der Waals surface area contributed by atoms with Crippen LogP contribution in [0.25, 0.3) is 0 Å². The third kappa shape index (κ3) is 1.69. The molecule has 2 amide bonds. The molecule has 3 heteroatoms. The van der Waals surface area contributed by atoms with E-state index in [2.05, 4.69) is 18.5 Å². The molecule has 0 radical (unpaired) electrons. The summed E-state index contributed by atoms with van der Waals surface area (Å²) in [4.78, 5) is 22.5. The van der Waals surface area contributed by atoms with Gasteiger partial charge in [0.1, 0.15) is 0 Å². The SMILES string of the molecule is C=CCC1(CC=C)CC(=O)NC1=O. The van der Waals surface area contributed by atoms with Gasteiger partial charge in [-0.1, -0.05) is 12.2 Å². The van der Waals surface area contributed by atoms with Gasteiger partial charge in [0.2, 0.25) is 11.8 Å².